The maximum absolute atomic E-state index is 12.6. The van der Waals surface area contributed by atoms with Crippen molar-refractivity contribution in [2.24, 2.45) is 0 Å². The highest BCUT2D eigenvalue weighted by molar-refractivity contribution is 7.18. The van der Waals surface area contributed by atoms with Crippen molar-refractivity contribution in [2.45, 2.75) is 25.3 Å². The van der Waals surface area contributed by atoms with Crippen LogP contribution in [0.3, 0.4) is 0 Å². The van der Waals surface area contributed by atoms with Gasteiger partial charge in [0.1, 0.15) is 11.5 Å². The van der Waals surface area contributed by atoms with E-state index in [-0.39, 0.29) is 11.9 Å². The van der Waals surface area contributed by atoms with E-state index in [9.17, 15) is 4.79 Å². The normalized spacial score (nSPS) is 16.7. The fraction of sp³-hybridized carbons (Fsp3) is 0.391. The van der Waals surface area contributed by atoms with Crippen LogP contribution < -0.4 is 14.8 Å². The van der Waals surface area contributed by atoms with Crippen molar-refractivity contribution in [2.75, 3.05) is 33.9 Å². The van der Waals surface area contributed by atoms with Gasteiger partial charge in [-0.05, 0) is 49.7 Å². The molecule has 0 bridgehead atoms. The molecule has 2 heterocycles. The molecule has 0 spiro atoms. The van der Waals surface area contributed by atoms with Gasteiger partial charge in [0.2, 0.25) is 5.91 Å². The highest BCUT2D eigenvalue weighted by atomic mass is 32.1. The molecule has 0 aliphatic carbocycles. The summed E-state index contributed by atoms with van der Waals surface area (Å²) in [6, 6.07) is 14.1. The molecule has 7 heteroatoms. The monoisotopic (exact) mass is 425 g/mol. The lowest BCUT2D eigenvalue weighted by Crippen LogP contribution is -2.37. The molecule has 1 aliphatic heterocycles. The van der Waals surface area contributed by atoms with Crippen LogP contribution in [0.25, 0.3) is 10.2 Å². The van der Waals surface area contributed by atoms with Gasteiger partial charge in [-0.3, -0.25) is 9.69 Å². The van der Waals surface area contributed by atoms with Gasteiger partial charge in [-0.25, -0.2) is 4.98 Å². The maximum Gasteiger partial charge on any atom is 0.234 e. The smallest absolute Gasteiger partial charge is 0.234 e. The summed E-state index contributed by atoms with van der Waals surface area (Å²) < 4.78 is 12.1. The molecule has 1 amide bonds. The van der Waals surface area contributed by atoms with E-state index in [1.165, 1.54) is 4.70 Å². The summed E-state index contributed by atoms with van der Waals surface area (Å²) in [7, 11) is 3.34. The van der Waals surface area contributed by atoms with Gasteiger partial charge in [-0.1, -0.05) is 12.1 Å². The van der Waals surface area contributed by atoms with Crippen molar-refractivity contribution in [3.05, 3.63) is 53.0 Å². The first-order chi connectivity index (χ1) is 14.7. The van der Waals surface area contributed by atoms with Crippen molar-refractivity contribution >= 4 is 27.5 Å². The quantitative estimate of drug-likeness (QED) is 0.595. The average molecular weight is 426 g/mol. The molecule has 1 fully saturated rings. The number of methoxy groups -OCH3 is 2. The minimum absolute atomic E-state index is 0.0462. The van der Waals surface area contributed by atoms with Crippen LogP contribution in [0.2, 0.25) is 0 Å². The SMILES string of the molecule is COc1ccc(OC)c(C2CCCN2CC(=O)NCCc2nc3ccccc3s2)c1. The Morgan fingerprint density at radius 1 is 1.23 bits per heavy atom. The van der Waals surface area contributed by atoms with Crippen LogP contribution >= 0.6 is 11.3 Å². The first-order valence-electron chi connectivity index (χ1n) is 10.2. The Morgan fingerprint density at radius 3 is 2.90 bits per heavy atom. The fourth-order valence-corrected chi connectivity index (χ4v) is 5.01. The molecule has 1 unspecified atom stereocenters. The zero-order valence-corrected chi connectivity index (χ0v) is 18.2. The number of ether oxygens (including phenoxy) is 2. The number of carbonyl (C=O) groups excluding carboxylic acids is 1. The van der Waals surface area contributed by atoms with E-state index in [0.29, 0.717) is 13.1 Å². The van der Waals surface area contributed by atoms with Crippen LogP contribution in [0.4, 0.5) is 0 Å². The lowest BCUT2D eigenvalue weighted by molar-refractivity contribution is -0.122. The van der Waals surface area contributed by atoms with Gasteiger partial charge >= 0.3 is 0 Å². The summed E-state index contributed by atoms with van der Waals surface area (Å²) in [6.45, 7) is 1.88. The Kier molecular flexibility index (Phi) is 6.50. The van der Waals surface area contributed by atoms with E-state index >= 15 is 0 Å². The predicted molar refractivity (Wildman–Crippen MR) is 119 cm³/mol. The molecule has 1 atom stereocenters. The highest BCUT2D eigenvalue weighted by Crippen LogP contribution is 2.38. The third kappa shape index (κ3) is 4.57. The average Bonchev–Trinajstić information content (AvgIpc) is 3.39. The number of amides is 1. The Morgan fingerprint density at radius 2 is 2.10 bits per heavy atom. The number of nitrogens with zero attached hydrogens (tertiary/aromatic N) is 2. The van der Waals surface area contributed by atoms with Gasteiger partial charge in [0.25, 0.3) is 0 Å². The Hall–Kier alpha value is -2.64. The maximum atomic E-state index is 12.6. The fourth-order valence-electron chi connectivity index (χ4n) is 4.04. The van der Waals surface area contributed by atoms with Gasteiger partial charge in [0, 0.05) is 24.6 Å². The topological polar surface area (TPSA) is 63.7 Å². The van der Waals surface area contributed by atoms with Gasteiger partial charge < -0.3 is 14.8 Å². The van der Waals surface area contributed by atoms with Crippen molar-refractivity contribution < 1.29 is 14.3 Å². The van der Waals surface area contributed by atoms with E-state index in [1.54, 1.807) is 25.6 Å². The number of carbonyl (C=O) groups is 1. The van der Waals surface area contributed by atoms with Gasteiger partial charge in [-0.15, -0.1) is 11.3 Å². The van der Waals surface area contributed by atoms with E-state index in [4.69, 9.17) is 9.47 Å². The van der Waals surface area contributed by atoms with Crippen LogP contribution in [-0.2, 0) is 11.2 Å². The number of thiazole rings is 1. The zero-order chi connectivity index (χ0) is 20.9. The van der Waals surface area contributed by atoms with Gasteiger partial charge in [0.15, 0.2) is 0 Å². The lowest BCUT2D eigenvalue weighted by Gasteiger charge is -2.26. The molecule has 30 heavy (non-hydrogen) atoms. The Labute approximate surface area is 180 Å². The summed E-state index contributed by atoms with van der Waals surface area (Å²) in [4.78, 5) is 19.4. The second-order valence-corrected chi connectivity index (χ2v) is 8.53. The van der Waals surface area contributed by atoms with Gasteiger partial charge in [0.05, 0.1) is 36.0 Å². The predicted octanol–water partition coefficient (Wildman–Crippen LogP) is 3.81. The lowest BCUT2D eigenvalue weighted by atomic mass is 10.0. The molecule has 1 aliphatic rings. The summed E-state index contributed by atoms with van der Waals surface area (Å²) in [5, 5.41) is 4.11. The number of fused-ring (bicyclic) bond motifs is 1. The third-order valence-corrected chi connectivity index (χ3v) is 6.60. The van der Waals surface area contributed by atoms with Crippen LogP contribution in [0, 0.1) is 0 Å². The van der Waals surface area contributed by atoms with E-state index in [1.807, 2.05) is 36.4 Å². The molecular formula is C23H27N3O3S. The van der Waals surface area contributed by atoms with Crippen molar-refractivity contribution in [3.8, 4) is 11.5 Å². The number of hydrogen-bond donors (Lipinski definition) is 1. The number of benzene rings is 2. The van der Waals surface area contributed by atoms with Crippen LogP contribution in [-0.4, -0.2) is 49.6 Å². The van der Waals surface area contributed by atoms with Crippen molar-refractivity contribution in [3.63, 3.8) is 0 Å². The summed E-state index contributed by atoms with van der Waals surface area (Å²) >= 11 is 1.69. The standard InChI is InChI=1S/C23H27N3O3S/c1-28-16-9-10-20(29-2)17(14-16)19-7-5-13-26(19)15-22(27)24-12-11-23-25-18-6-3-4-8-21(18)30-23/h3-4,6,8-10,14,19H,5,7,11-13,15H2,1-2H3,(H,24,27). The van der Waals surface area contributed by atoms with Crippen LogP contribution in [0.15, 0.2) is 42.5 Å². The largest absolute Gasteiger partial charge is 0.497 e. The summed E-state index contributed by atoms with van der Waals surface area (Å²) in [5.74, 6) is 1.69. The van der Waals surface area contributed by atoms with Crippen LogP contribution in [0.1, 0.15) is 29.5 Å². The number of aromatic nitrogens is 1. The third-order valence-electron chi connectivity index (χ3n) is 5.51. The molecule has 1 saturated heterocycles. The molecule has 4 rings (SSSR count). The highest BCUT2D eigenvalue weighted by Gasteiger charge is 2.30. The first kappa shape index (κ1) is 20.6. The van der Waals surface area contributed by atoms with Crippen molar-refractivity contribution in [1.82, 2.24) is 15.2 Å². The van der Waals surface area contributed by atoms with Crippen molar-refractivity contribution in [1.29, 1.82) is 0 Å². The number of rotatable bonds is 8. The van der Waals surface area contributed by atoms with Gasteiger partial charge in [-0.2, -0.15) is 0 Å². The molecule has 0 radical (unpaired) electrons. The minimum Gasteiger partial charge on any atom is -0.497 e. The number of likely N-dealkylation sites (tertiary alicyclic amines) is 1. The second-order valence-electron chi connectivity index (χ2n) is 7.41. The second kappa shape index (κ2) is 9.45. The summed E-state index contributed by atoms with van der Waals surface area (Å²) in [6.07, 6.45) is 2.81. The van der Waals surface area contributed by atoms with E-state index in [0.717, 1.165) is 53.4 Å². The number of nitrogens with one attached hydrogen (secondary N) is 1. The Balaban J connectivity index is 1.34. The van der Waals surface area contributed by atoms with E-state index in [2.05, 4.69) is 21.3 Å². The first-order valence-corrected chi connectivity index (χ1v) is 11.1. The minimum atomic E-state index is 0.0462. The summed E-state index contributed by atoms with van der Waals surface area (Å²) in [5.41, 5.74) is 2.10. The number of para-hydroxylation sites is 1. The molecule has 1 N–H and O–H groups in total. The Bertz CT molecular complexity index is 987. The molecule has 3 aromatic rings. The molecule has 2 aromatic carbocycles. The molecule has 6 nitrogen and oxygen atoms in total. The molecular weight excluding hydrogens is 398 g/mol. The number of hydrogen-bond acceptors (Lipinski definition) is 6. The molecule has 158 valence electrons. The van der Waals surface area contributed by atoms with E-state index < -0.39 is 0 Å². The molecule has 1 aromatic heterocycles. The zero-order valence-electron chi connectivity index (χ0n) is 17.4. The molecule has 0 saturated carbocycles. The van der Waals surface area contributed by atoms with Crippen LogP contribution in [0.5, 0.6) is 11.5 Å².